The Hall–Kier alpha value is -3.37. The molecule has 34 heavy (non-hydrogen) atoms. The molecule has 2 rings (SSSR count). The summed E-state index contributed by atoms with van der Waals surface area (Å²) in [4.78, 5) is 26.7. The molecule has 0 radical (unpaired) electrons. The van der Waals surface area contributed by atoms with E-state index in [0.29, 0.717) is 16.4 Å². The quantitative estimate of drug-likeness (QED) is 0.364. The average Bonchev–Trinajstić information content (AvgIpc) is 2.75. The number of halogens is 3. The van der Waals surface area contributed by atoms with Gasteiger partial charge < -0.3 is 14.8 Å². The van der Waals surface area contributed by atoms with Gasteiger partial charge in [0.25, 0.3) is 5.91 Å². The van der Waals surface area contributed by atoms with Crippen LogP contribution in [0.25, 0.3) is 6.08 Å². The predicted octanol–water partition coefficient (Wildman–Crippen LogP) is 3.68. The van der Waals surface area contributed by atoms with Crippen molar-refractivity contribution in [2.75, 3.05) is 27.4 Å². The first-order chi connectivity index (χ1) is 15.7. The van der Waals surface area contributed by atoms with Crippen LogP contribution in [0.3, 0.4) is 0 Å². The van der Waals surface area contributed by atoms with E-state index in [4.69, 9.17) is 0 Å². The molecule has 2 aromatic carbocycles. The van der Waals surface area contributed by atoms with E-state index in [2.05, 4.69) is 5.32 Å². The van der Waals surface area contributed by atoms with Gasteiger partial charge in [-0.05, 0) is 48.7 Å². The van der Waals surface area contributed by atoms with Crippen LogP contribution in [0.5, 0.6) is 0 Å². The van der Waals surface area contributed by atoms with E-state index in [1.54, 1.807) is 43.7 Å². The summed E-state index contributed by atoms with van der Waals surface area (Å²) in [5.74, 6) is -1.29. The minimum atomic E-state index is -4.49. The Morgan fingerprint density at radius 3 is 2.26 bits per heavy atom. The van der Waals surface area contributed by atoms with Gasteiger partial charge in [0.1, 0.15) is 24.8 Å². The summed E-state index contributed by atoms with van der Waals surface area (Å²) >= 11 is 0. The summed E-state index contributed by atoms with van der Waals surface area (Å²) in [6.07, 6.45) is -3.23. The number of amides is 2. The molecule has 10 heteroatoms. The summed E-state index contributed by atoms with van der Waals surface area (Å²) in [7, 11) is 0.408. The van der Waals surface area contributed by atoms with Crippen LogP contribution in [0.2, 0.25) is 0 Å². The molecule has 0 aliphatic heterocycles. The first-order valence-electron chi connectivity index (χ1n) is 10.2. The normalized spacial score (nSPS) is 13.1. The van der Waals surface area contributed by atoms with Crippen molar-refractivity contribution in [3.8, 4) is 6.07 Å². The lowest BCUT2D eigenvalue weighted by Gasteiger charge is -2.22. The maximum atomic E-state index is 12.8. The Labute approximate surface area is 196 Å². The second-order valence-corrected chi connectivity index (χ2v) is 11.5. The molecule has 0 unspecified atom stereocenters. The lowest BCUT2D eigenvalue weighted by atomic mass is 10.0. The molecule has 0 spiro atoms. The van der Waals surface area contributed by atoms with Gasteiger partial charge in [-0.15, -0.1) is 0 Å². The summed E-state index contributed by atoms with van der Waals surface area (Å²) in [6.45, 7) is 3.21. The second kappa shape index (κ2) is 10.7. The fourth-order valence-corrected chi connectivity index (χ4v) is 3.98. The zero-order valence-corrected chi connectivity index (χ0v) is 20.1. The smallest absolute Gasteiger partial charge is 0.347 e. The van der Waals surface area contributed by atoms with Gasteiger partial charge in [0.15, 0.2) is 0 Å². The SMILES string of the molecule is CN(C)C(=O)[C@H](Cc1ccc(C(F)(F)F)cc1)NC(=O)/C(C#N)=C/c1cccc(P(C)(C)=O)c1. The van der Waals surface area contributed by atoms with Crippen LogP contribution >= 0.6 is 7.14 Å². The maximum Gasteiger partial charge on any atom is 0.416 e. The zero-order valence-electron chi connectivity index (χ0n) is 19.2. The number of hydrogen-bond acceptors (Lipinski definition) is 4. The molecule has 0 bridgehead atoms. The molecule has 0 heterocycles. The molecule has 0 saturated heterocycles. The minimum Gasteiger partial charge on any atom is -0.347 e. The van der Waals surface area contributed by atoms with Crippen LogP contribution < -0.4 is 10.6 Å². The molecule has 0 aromatic heterocycles. The average molecular weight is 491 g/mol. The molecular formula is C24H25F3N3O3P. The topological polar surface area (TPSA) is 90.3 Å². The van der Waals surface area contributed by atoms with Gasteiger partial charge in [0.05, 0.1) is 5.56 Å². The molecule has 1 atom stereocenters. The van der Waals surface area contributed by atoms with Crippen molar-refractivity contribution in [3.63, 3.8) is 0 Å². The van der Waals surface area contributed by atoms with Crippen LogP contribution in [0.15, 0.2) is 54.1 Å². The molecule has 0 aliphatic carbocycles. The number of nitrogens with zero attached hydrogens (tertiary/aromatic N) is 2. The Morgan fingerprint density at radius 2 is 1.76 bits per heavy atom. The van der Waals surface area contributed by atoms with Crippen LogP contribution in [-0.4, -0.2) is 50.2 Å². The van der Waals surface area contributed by atoms with Crippen molar-refractivity contribution in [2.45, 2.75) is 18.6 Å². The molecular weight excluding hydrogens is 466 g/mol. The van der Waals surface area contributed by atoms with Crippen molar-refractivity contribution in [3.05, 3.63) is 70.8 Å². The molecule has 0 fully saturated rings. The van der Waals surface area contributed by atoms with Gasteiger partial charge in [0.2, 0.25) is 5.91 Å². The molecule has 6 nitrogen and oxygen atoms in total. The molecule has 2 aromatic rings. The highest BCUT2D eigenvalue weighted by Crippen LogP contribution is 2.34. The van der Waals surface area contributed by atoms with E-state index in [1.165, 1.54) is 37.2 Å². The molecule has 2 amide bonds. The van der Waals surface area contributed by atoms with Crippen LogP contribution in [0.4, 0.5) is 13.2 Å². The highest BCUT2D eigenvalue weighted by atomic mass is 31.2. The van der Waals surface area contributed by atoms with E-state index in [-0.39, 0.29) is 12.0 Å². The predicted molar refractivity (Wildman–Crippen MR) is 125 cm³/mol. The zero-order chi connectivity index (χ0) is 25.7. The standard InChI is InChI=1S/C24H25F3N3O3P/c1-30(2)23(32)21(14-16-8-10-19(11-9-16)24(25,26)27)29-22(31)18(15-28)12-17-6-5-7-20(13-17)34(3,4)33/h5-13,21H,14H2,1-4H3,(H,29,31)/b18-12+/t21-/m0/s1. The molecule has 180 valence electrons. The number of nitrogens with one attached hydrogen (secondary N) is 1. The Bertz CT molecular complexity index is 1180. The van der Waals surface area contributed by atoms with Crippen molar-refractivity contribution in [1.29, 1.82) is 5.26 Å². The van der Waals surface area contributed by atoms with Gasteiger partial charge in [-0.1, -0.05) is 30.3 Å². The third kappa shape index (κ3) is 7.32. The largest absolute Gasteiger partial charge is 0.416 e. The summed E-state index contributed by atoms with van der Waals surface area (Å²) < 4.78 is 50.8. The summed E-state index contributed by atoms with van der Waals surface area (Å²) in [5, 5.41) is 12.6. The van der Waals surface area contributed by atoms with E-state index in [0.717, 1.165) is 12.1 Å². The summed E-state index contributed by atoms with van der Waals surface area (Å²) in [6, 6.07) is 11.6. The number of hydrogen-bond donors (Lipinski definition) is 1. The number of benzene rings is 2. The lowest BCUT2D eigenvalue weighted by molar-refractivity contribution is -0.137. The Morgan fingerprint density at radius 1 is 1.15 bits per heavy atom. The van der Waals surface area contributed by atoms with Gasteiger partial charge >= 0.3 is 6.18 Å². The Kier molecular flexibility index (Phi) is 8.46. The number of carbonyl (C=O) groups is 2. The van der Waals surface area contributed by atoms with Crippen LogP contribution in [-0.2, 0) is 26.8 Å². The highest BCUT2D eigenvalue weighted by Gasteiger charge is 2.30. The lowest BCUT2D eigenvalue weighted by Crippen LogP contribution is -2.47. The van der Waals surface area contributed by atoms with Crippen LogP contribution in [0.1, 0.15) is 16.7 Å². The van der Waals surface area contributed by atoms with Crippen molar-refractivity contribution < 1.29 is 27.3 Å². The van der Waals surface area contributed by atoms with Gasteiger partial charge in [-0.3, -0.25) is 9.59 Å². The van der Waals surface area contributed by atoms with Gasteiger partial charge in [0, 0.05) is 25.8 Å². The first kappa shape index (κ1) is 26.9. The molecule has 0 aliphatic rings. The molecule has 0 saturated carbocycles. The number of nitriles is 1. The monoisotopic (exact) mass is 491 g/mol. The molecule has 1 N–H and O–H groups in total. The third-order valence-electron chi connectivity index (χ3n) is 4.93. The van der Waals surface area contributed by atoms with Crippen molar-refractivity contribution >= 4 is 30.3 Å². The fourth-order valence-electron chi connectivity index (χ4n) is 3.08. The van der Waals surface area contributed by atoms with E-state index >= 15 is 0 Å². The number of carbonyl (C=O) groups excluding carboxylic acids is 2. The third-order valence-corrected chi connectivity index (χ3v) is 6.46. The van der Waals surface area contributed by atoms with Crippen LogP contribution in [0, 0.1) is 11.3 Å². The highest BCUT2D eigenvalue weighted by molar-refractivity contribution is 7.70. The van der Waals surface area contributed by atoms with Crippen molar-refractivity contribution in [2.24, 2.45) is 0 Å². The fraction of sp³-hybridized carbons (Fsp3) is 0.292. The van der Waals surface area contributed by atoms with Crippen molar-refractivity contribution in [1.82, 2.24) is 10.2 Å². The Balaban J connectivity index is 2.29. The maximum absolute atomic E-state index is 12.8. The van der Waals surface area contributed by atoms with E-state index < -0.39 is 36.7 Å². The number of alkyl halides is 3. The minimum absolute atomic E-state index is 0.0655. The number of rotatable bonds is 7. The summed E-state index contributed by atoms with van der Waals surface area (Å²) in [5.41, 5.74) is -0.198. The van der Waals surface area contributed by atoms with Gasteiger partial charge in [-0.2, -0.15) is 18.4 Å². The van der Waals surface area contributed by atoms with E-state index in [9.17, 15) is 32.6 Å². The van der Waals surface area contributed by atoms with Gasteiger partial charge in [-0.25, -0.2) is 0 Å². The number of likely N-dealkylation sites (N-methyl/N-ethyl adjacent to an activating group) is 1. The second-order valence-electron chi connectivity index (χ2n) is 8.27. The van der Waals surface area contributed by atoms with E-state index in [1.807, 2.05) is 0 Å². The first-order valence-corrected chi connectivity index (χ1v) is 12.8.